The standard InChI is InChI=1S/C13H14ClN5O3/c1-7(5-15-13(22)10-6-16-19-18-10)17-12(21)8-2-3-9(14)11(20)4-8/h2-4,6-7,20H,5H2,1H3,(H,15,22)(H,17,21)(H,16,18,19). The number of phenols is 1. The van der Waals surface area contributed by atoms with Crippen LogP contribution in [0.2, 0.25) is 5.02 Å². The molecule has 1 aromatic heterocycles. The van der Waals surface area contributed by atoms with E-state index in [-0.39, 0.29) is 46.4 Å². The number of carbonyl (C=O) groups is 2. The first-order valence-corrected chi connectivity index (χ1v) is 6.78. The van der Waals surface area contributed by atoms with Crippen LogP contribution < -0.4 is 10.6 Å². The van der Waals surface area contributed by atoms with Gasteiger partial charge in [0.05, 0.1) is 11.2 Å². The van der Waals surface area contributed by atoms with E-state index in [0.29, 0.717) is 0 Å². The van der Waals surface area contributed by atoms with E-state index in [1.807, 2.05) is 0 Å². The predicted octanol–water partition coefficient (Wildman–Crippen LogP) is 0.712. The van der Waals surface area contributed by atoms with Gasteiger partial charge in [0, 0.05) is 18.2 Å². The van der Waals surface area contributed by atoms with E-state index in [1.54, 1.807) is 6.92 Å². The molecule has 0 saturated heterocycles. The highest BCUT2D eigenvalue weighted by atomic mass is 35.5. The molecule has 22 heavy (non-hydrogen) atoms. The number of aromatic hydroxyl groups is 1. The zero-order valence-electron chi connectivity index (χ0n) is 11.6. The number of hydrogen-bond acceptors (Lipinski definition) is 5. The lowest BCUT2D eigenvalue weighted by Crippen LogP contribution is -2.41. The van der Waals surface area contributed by atoms with Crippen molar-refractivity contribution < 1.29 is 14.7 Å². The lowest BCUT2D eigenvalue weighted by molar-refractivity contribution is 0.0910. The number of rotatable bonds is 5. The number of nitrogens with one attached hydrogen (secondary N) is 3. The van der Waals surface area contributed by atoms with E-state index in [0.717, 1.165) is 0 Å². The fourth-order valence-electron chi connectivity index (χ4n) is 1.66. The minimum absolute atomic E-state index is 0.165. The lowest BCUT2D eigenvalue weighted by Gasteiger charge is -2.14. The Balaban J connectivity index is 1.86. The smallest absolute Gasteiger partial charge is 0.273 e. The second-order valence-electron chi connectivity index (χ2n) is 4.61. The molecular formula is C13H14ClN5O3. The molecule has 0 bridgehead atoms. The van der Waals surface area contributed by atoms with Crippen molar-refractivity contribution >= 4 is 23.4 Å². The van der Waals surface area contributed by atoms with Gasteiger partial charge in [0.15, 0.2) is 5.69 Å². The van der Waals surface area contributed by atoms with Gasteiger partial charge in [-0.1, -0.05) is 11.6 Å². The molecule has 0 fully saturated rings. The number of H-pyrrole nitrogens is 1. The van der Waals surface area contributed by atoms with E-state index in [2.05, 4.69) is 26.0 Å². The fraction of sp³-hybridized carbons (Fsp3) is 0.231. The van der Waals surface area contributed by atoms with Crippen LogP contribution >= 0.6 is 11.6 Å². The molecule has 0 aliphatic heterocycles. The molecule has 0 spiro atoms. The Morgan fingerprint density at radius 2 is 2.18 bits per heavy atom. The monoisotopic (exact) mass is 323 g/mol. The van der Waals surface area contributed by atoms with Crippen molar-refractivity contribution in [1.82, 2.24) is 26.0 Å². The summed E-state index contributed by atoms with van der Waals surface area (Å²) in [7, 11) is 0. The number of carbonyl (C=O) groups excluding carboxylic acids is 2. The van der Waals surface area contributed by atoms with E-state index < -0.39 is 0 Å². The number of halogens is 1. The Kier molecular flexibility index (Phi) is 4.95. The number of amides is 2. The van der Waals surface area contributed by atoms with Crippen molar-refractivity contribution in [2.75, 3.05) is 6.54 Å². The molecule has 1 aromatic carbocycles. The summed E-state index contributed by atoms with van der Waals surface area (Å²) >= 11 is 5.68. The Hall–Kier alpha value is -2.61. The summed E-state index contributed by atoms with van der Waals surface area (Å²) in [6, 6.07) is 3.89. The zero-order valence-corrected chi connectivity index (χ0v) is 12.4. The largest absolute Gasteiger partial charge is 0.506 e. The van der Waals surface area contributed by atoms with E-state index in [1.165, 1.54) is 24.4 Å². The number of hydrogen-bond donors (Lipinski definition) is 4. The Bertz CT molecular complexity index is 674. The number of nitrogens with zero attached hydrogens (tertiary/aromatic N) is 2. The molecule has 0 aliphatic carbocycles. The first kappa shape index (κ1) is 15.8. The SMILES string of the molecule is CC(CNC(=O)c1cn[nH]n1)NC(=O)c1ccc(Cl)c(O)c1. The van der Waals surface area contributed by atoms with Gasteiger partial charge >= 0.3 is 0 Å². The topological polar surface area (TPSA) is 120 Å². The molecule has 1 heterocycles. The summed E-state index contributed by atoms with van der Waals surface area (Å²) in [5, 5.41) is 24.5. The minimum atomic E-state index is -0.390. The highest BCUT2D eigenvalue weighted by molar-refractivity contribution is 6.32. The quantitative estimate of drug-likeness (QED) is 0.646. The van der Waals surface area contributed by atoms with Gasteiger partial charge in [-0.15, -0.1) is 0 Å². The molecule has 1 atom stereocenters. The summed E-state index contributed by atoms with van der Waals surface area (Å²) in [6.45, 7) is 1.95. The maximum Gasteiger partial charge on any atom is 0.273 e. The van der Waals surface area contributed by atoms with Crippen LogP contribution in [-0.2, 0) is 0 Å². The second kappa shape index (κ2) is 6.90. The Labute approximate surface area is 130 Å². The van der Waals surface area contributed by atoms with Gasteiger partial charge in [-0.2, -0.15) is 15.4 Å². The lowest BCUT2D eigenvalue weighted by atomic mass is 10.2. The van der Waals surface area contributed by atoms with Crippen molar-refractivity contribution in [3.8, 4) is 5.75 Å². The van der Waals surface area contributed by atoms with Crippen LogP contribution in [0.4, 0.5) is 0 Å². The van der Waals surface area contributed by atoms with Gasteiger partial charge in [0.25, 0.3) is 11.8 Å². The summed E-state index contributed by atoms with van der Waals surface area (Å²) in [6.07, 6.45) is 1.30. The van der Waals surface area contributed by atoms with Crippen molar-refractivity contribution in [2.24, 2.45) is 0 Å². The maximum absolute atomic E-state index is 12.0. The summed E-state index contributed by atoms with van der Waals surface area (Å²) in [4.78, 5) is 23.6. The first-order valence-electron chi connectivity index (χ1n) is 6.40. The zero-order chi connectivity index (χ0) is 16.1. The third-order valence-corrected chi connectivity index (χ3v) is 3.12. The Morgan fingerprint density at radius 1 is 1.41 bits per heavy atom. The molecule has 2 amide bonds. The van der Waals surface area contributed by atoms with Crippen molar-refractivity contribution in [1.29, 1.82) is 0 Å². The molecule has 0 radical (unpaired) electrons. The summed E-state index contributed by atoms with van der Waals surface area (Å²) in [5.74, 6) is -0.935. The van der Waals surface area contributed by atoms with Crippen LogP contribution in [0, 0.1) is 0 Å². The van der Waals surface area contributed by atoms with Crippen LogP contribution in [-0.4, -0.2) is 44.9 Å². The van der Waals surface area contributed by atoms with Crippen LogP contribution in [0.15, 0.2) is 24.4 Å². The van der Waals surface area contributed by atoms with Gasteiger partial charge in [0.2, 0.25) is 0 Å². The second-order valence-corrected chi connectivity index (χ2v) is 5.01. The average Bonchev–Trinajstić information content (AvgIpc) is 3.02. The number of phenolic OH excluding ortho intramolecular Hbond substituents is 1. The molecule has 1 unspecified atom stereocenters. The summed E-state index contributed by atoms with van der Waals surface area (Å²) in [5.41, 5.74) is 0.442. The molecule has 0 saturated carbocycles. The molecular weight excluding hydrogens is 310 g/mol. The summed E-state index contributed by atoms with van der Waals surface area (Å²) < 4.78 is 0. The molecule has 2 aromatic rings. The van der Waals surface area contributed by atoms with Crippen LogP contribution in [0.25, 0.3) is 0 Å². The van der Waals surface area contributed by atoms with Gasteiger partial charge < -0.3 is 15.7 Å². The normalized spacial score (nSPS) is 11.7. The highest BCUT2D eigenvalue weighted by Crippen LogP contribution is 2.23. The van der Waals surface area contributed by atoms with Gasteiger partial charge in [0.1, 0.15) is 5.75 Å². The van der Waals surface area contributed by atoms with E-state index in [4.69, 9.17) is 11.6 Å². The molecule has 4 N–H and O–H groups in total. The van der Waals surface area contributed by atoms with Gasteiger partial charge in [-0.05, 0) is 25.1 Å². The maximum atomic E-state index is 12.0. The molecule has 116 valence electrons. The predicted molar refractivity (Wildman–Crippen MR) is 78.8 cm³/mol. The van der Waals surface area contributed by atoms with Crippen LogP contribution in [0.1, 0.15) is 27.8 Å². The van der Waals surface area contributed by atoms with Gasteiger partial charge in [-0.25, -0.2) is 0 Å². The van der Waals surface area contributed by atoms with Crippen LogP contribution in [0.3, 0.4) is 0 Å². The Morgan fingerprint density at radius 3 is 2.82 bits per heavy atom. The number of aromatic amines is 1. The van der Waals surface area contributed by atoms with E-state index >= 15 is 0 Å². The van der Waals surface area contributed by atoms with Crippen molar-refractivity contribution in [3.05, 3.63) is 40.7 Å². The first-order chi connectivity index (χ1) is 10.5. The van der Waals surface area contributed by atoms with Crippen molar-refractivity contribution in [3.63, 3.8) is 0 Å². The minimum Gasteiger partial charge on any atom is -0.506 e. The van der Waals surface area contributed by atoms with E-state index in [9.17, 15) is 14.7 Å². The third kappa shape index (κ3) is 3.95. The van der Waals surface area contributed by atoms with Crippen LogP contribution in [0.5, 0.6) is 5.75 Å². The fourth-order valence-corrected chi connectivity index (χ4v) is 1.78. The number of benzene rings is 1. The van der Waals surface area contributed by atoms with Gasteiger partial charge in [-0.3, -0.25) is 9.59 Å². The molecule has 8 nitrogen and oxygen atoms in total. The third-order valence-electron chi connectivity index (χ3n) is 2.80. The highest BCUT2D eigenvalue weighted by Gasteiger charge is 2.14. The number of aromatic nitrogens is 3. The van der Waals surface area contributed by atoms with Crippen molar-refractivity contribution in [2.45, 2.75) is 13.0 Å². The molecule has 9 heteroatoms. The molecule has 0 aliphatic rings. The molecule has 2 rings (SSSR count). The average molecular weight is 324 g/mol.